The molecule has 5 amide bonds. The Morgan fingerprint density at radius 2 is 1.66 bits per heavy atom. The number of carbonyl (C=O) groups excluding carboxylic acids is 4. The molecule has 0 aromatic heterocycles. The van der Waals surface area contributed by atoms with Gasteiger partial charge in [-0.15, -0.1) is 0 Å². The molecule has 1 fully saturated rings. The molecule has 1 aliphatic heterocycles. The number of amides is 5. The number of hydrogen-bond donors (Lipinski definition) is 3. The average molecular weight is 430 g/mol. The first-order chi connectivity index (χ1) is 15.3. The highest BCUT2D eigenvalue weighted by atomic mass is 16.2. The second kappa shape index (κ2) is 8.14. The monoisotopic (exact) mass is 430 g/mol. The fraction of sp³-hybridized carbons (Fsp3) is 0.167. The number of urea groups is 1. The maximum Gasteiger partial charge on any atom is 0.325 e. The lowest BCUT2D eigenvalue weighted by Gasteiger charge is -2.24. The molecule has 1 aliphatic rings. The molecule has 32 heavy (non-hydrogen) atoms. The van der Waals surface area contributed by atoms with E-state index in [1.54, 1.807) is 37.3 Å². The van der Waals surface area contributed by atoms with Gasteiger partial charge in [-0.1, -0.05) is 42.5 Å². The fourth-order valence-corrected chi connectivity index (χ4v) is 3.88. The molecule has 0 aliphatic carbocycles. The third-order valence-corrected chi connectivity index (χ3v) is 5.56. The number of rotatable bonds is 5. The lowest BCUT2D eigenvalue weighted by atomic mass is 9.88. The van der Waals surface area contributed by atoms with Gasteiger partial charge in [0, 0.05) is 18.3 Å². The minimum Gasteiger partial charge on any atom is -0.355 e. The quantitative estimate of drug-likeness (QED) is 0.541. The Bertz CT molecular complexity index is 1230. The molecule has 0 bridgehead atoms. The van der Waals surface area contributed by atoms with Crippen LogP contribution in [0.4, 0.5) is 10.5 Å². The Morgan fingerprint density at radius 3 is 2.38 bits per heavy atom. The first kappa shape index (κ1) is 21.0. The van der Waals surface area contributed by atoms with E-state index < -0.39 is 29.9 Å². The number of benzene rings is 3. The van der Waals surface area contributed by atoms with Crippen molar-refractivity contribution in [2.45, 2.75) is 12.5 Å². The van der Waals surface area contributed by atoms with E-state index in [4.69, 9.17) is 0 Å². The van der Waals surface area contributed by atoms with Gasteiger partial charge in [-0.05, 0) is 47.5 Å². The van der Waals surface area contributed by atoms with E-state index >= 15 is 0 Å². The van der Waals surface area contributed by atoms with Crippen LogP contribution in [0.1, 0.15) is 22.8 Å². The molecule has 0 spiro atoms. The summed E-state index contributed by atoms with van der Waals surface area (Å²) in [4.78, 5) is 50.9. The standard InChI is InChI=1S/C24H22N4O4/c1-24(19-9-5-7-15-6-3-4-8-18(15)19)22(31)28(23(32)27-24)14-20(29)26-17-12-10-16(11-13-17)21(30)25-2/h3-13H,14H2,1-2H3,(H,25,30)(H,26,29)(H,27,32)/t24-/m0/s1. The van der Waals surface area contributed by atoms with Crippen LogP contribution >= 0.6 is 0 Å². The second-order valence-corrected chi connectivity index (χ2v) is 7.68. The van der Waals surface area contributed by atoms with Crippen molar-refractivity contribution in [1.29, 1.82) is 0 Å². The summed E-state index contributed by atoms with van der Waals surface area (Å²) in [5, 5.41) is 9.71. The van der Waals surface area contributed by atoms with Gasteiger partial charge in [-0.25, -0.2) is 4.79 Å². The second-order valence-electron chi connectivity index (χ2n) is 7.68. The Kier molecular flexibility index (Phi) is 5.36. The smallest absolute Gasteiger partial charge is 0.325 e. The van der Waals surface area contributed by atoms with Crippen molar-refractivity contribution in [2.24, 2.45) is 0 Å². The summed E-state index contributed by atoms with van der Waals surface area (Å²) in [6.07, 6.45) is 0. The average Bonchev–Trinajstić information content (AvgIpc) is 3.02. The van der Waals surface area contributed by atoms with Crippen molar-refractivity contribution in [2.75, 3.05) is 18.9 Å². The Labute approximate surface area is 184 Å². The minimum absolute atomic E-state index is 0.241. The first-order valence-electron chi connectivity index (χ1n) is 10.1. The molecule has 8 heteroatoms. The summed E-state index contributed by atoms with van der Waals surface area (Å²) < 4.78 is 0. The summed E-state index contributed by atoms with van der Waals surface area (Å²) >= 11 is 0. The van der Waals surface area contributed by atoms with E-state index in [2.05, 4.69) is 16.0 Å². The Balaban J connectivity index is 1.51. The molecule has 1 atom stereocenters. The van der Waals surface area contributed by atoms with E-state index in [9.17, 15) is 19.2 Å². The minimum atomic E-state index is -1.28. The Hall–Kier alpha value is -4.20. The molecule has 1 saturated heterocycles. The largest absolute Gasteiger partial charge is 0.355 e. The summed E-state index contributed by atoms with van der Waals surface area (Å²) in [7, 11) is 1.53. The molecule has 3 N–H and O–H groups in total. The molecular formula is C24H22N4O4. The maximum atomic E-state index is 13.2. The number of hydrogen-bond acceptors (Lipinski definition) is 4. The van der Waals surface area contributed by atoms with Crippen LogP contribution in [-0.2, 0) is 15.1 Å². The zero-order valence-corrected chi connectivity index (χ0v) is 17.6. The van der Waals surface area contributed by atoms with Crippen molar-refractivity contribution < 1.29 is 19.2 Å². The number of fused-ring (bicyclic) bond motifs is 1. The van der Waals surface area contributed by atoms with Crippen LogP contribution in [0.3, 0.4) is 0 Å². The highest BCUT2D eigenvalue weighted by molar-refractivity contribution is 6.11. The molecule has 0 saturated carbocycles. The first-order valence-corrected chi connectivity index (χ1v) is 10.1. The highest BCUT2D eigenvalue weighted by Gasteiger charge is 2.50. The van der Waals surface area contributed by atoms with E-state index in [1.807, 2.05) is 36.4 Å². The third kappa shape index (κ3) is 3.66. The molecule has 3 aromatic rings. The zero-order valence-electron chi connectivity index (χ0n) is 17.6. The van der Waals surface area contributed by atoms with Crippen molar-refractivity contribution >= 4 is 40.2 Å². The molecule has 0 radical (unpaired) electrons. The van der Waals surface area contributed by atoms with Crippen molar-refractivity contribution in [1.82, 2.24) is 15.5 Å². The van der Waals surface area contributed by atoms with Crippen LogP contribution in [0.25, 0.3) is 10.8 Å². The maximum absolute atomic E-state index is 13.2. The van der Waals surface area contributed by atoms with Crippen LogP contribution in [0.5, 0.6) is 0 Å². The van der Waals surface area contributed by atoms with Gasteiger partial charge >= 0.3 is 6.03 Å². The number of anilines is 1. The van der Waals surface area contributed by atoms with E-state index in [0.717, 1.165) is 15.7 Å². The van der Waals surface area contributed by atoms with Gasteiger partial charge in [-0.3, -0.25) is 19.3 Å². The molecule has 0 unspecified atom stereocenters. The number of nitrogens with one attached hydrogen (secondary N) is 3. The van der Waals surface area contributed by atoms with Crippen LogP contribution in [0, 0.1) is 0 Å². The van der Waals surface area contributed by atoms with Gasteiger partial charge < -0.3 is 16.0 Å². The molecular weight excluding hydrogens is 408 g/mol. The van der Waals surface area contributed by atoms with Gasteiger partial charge in [0.1, 0.15) is 12.1 Å². The molecule has 1 heterocycles. The van der Waals surface area contributed by atoms with E-state index in [1.165, 1.54) is 7.05 Å². The highest BCUT2D eigenvalue weighted by Crippen LogP contribution is 2.33. The summed E-state index contributed by atoms with van der Waals surface area (Å²) in [6.45, 7) is 1.21. The van der Waals surface area contributed by atoms with Crippen LogP contribution in [0.2, 0.25) is 0 Å². The van der Waals surface area contributed by atoms with Crippen LogP contribution in [-0.4, -0.2) is 42.2 Å². The van der Waals surface area contributed by atoms with Crippen molar-refractivity contribution in [3.63, 3.8) is 0 Å². The lowest BCUT2D eigenvalue weighted by molar-refractivity contribution is -0.133. The zero-order chi connectivity index (χ0) is 22.9. The van der Waals surface area contributed by atoms with E-state index in [-0.39, 0.29) is 5.91 Å². The van der Waals surface area contributed by atoms with Crippen molar-refractivity contribution in [3.8, 4) is 0 Å². The normalized spacial score (nSPS) is 17.9. The summed E-state index contributed by atoms with van der Waals surface area (Å²) in [5.74, 6) is -1.26. The molecule has 8 nitrogen and oxygen atoms in total. The van der Waals surface area contributed by atoms with Gasteiger partial charge in [0.25, 0.3) is 11.8 Å². The van der Waals surface area contributed by atoms with Gasteiger partial charge in [0.05, 0.1) is 0 Å². The summed E-state index contributed by atoms with van der Waals surface area (Å²) in [5.41, 5.74) is 0.284. The van der Waals surface area contributed by atoms with Gasteiger partial charge in [-0.2, -0.15) is 0 Å². The predicted molar refractivity (Wildman–Crippen MR) is 120 cm³/mol. The topological polar surface area (TPSA) is 108 Å². The van der Waals surface area contributed by atoms with Crippen LogP contribution in [0.15, 0.2) is 66.7 Å². The van der Waals surface area contributed by atoms with Gasteiger partial charge in [0.2, 0.25) is 5.91 Å². The number of imide groups is 1. The molecule has 4 rings (SSSR count). The fourth-order valence-electron chi connectivity index (χ4n) is 3.88. The Morgan fingerprint density at radius 1 is 0.969 bits per heavy atom. The van der Waals surface area contributed by atoms with Crippen LogP contribution < -0.4 is 16.0 Å². The summed E-state index contributed by atoms with van der Waals surface area (Å²) in [6, 6.07) is 18.8. The predicted octanol–water partition coefficient (Wildman–Crippen LogP) is 2.61. The molecule has 3 aromatic carbocycles. The van der Waals surface area contributed by atoms with E-state index in [0.29, 0.717) is 16.8 Å². The third-order valence-electron chi connectivity index (χ3n) is 5.56. The lowest BCUT2D eigenvalue weighted by Crippen LogP contribution is -2.42. The SMILES string of the molecule is CNC(=O)c1ccc(NC(=O)CN2C(=O)N[C@@](C)(c3cccc4ccccc34)C2=O)cc1. The molecule has 162 valence electrons. The number of carbonyl (C=O) groups is 4. The van der Waals surface area contributed by atoms with Crippen molar-refractivity contribution in [3.05, 3.63) is 77.9 Å². The number of nitrogens with zero attached hydrogens (tertiary/aromatic N) is 1. The van der Waals surface area contributed by atoms with Gasteiger partial charge in [0.15, 0.2) is 0 Å².